The van der Waals surface area contributed by atoms with Crippen molar-refractivity contribution < 1.29 is 8.78 Å². The van der Waals surface area contributed by atoms with Crippen molar-refractivity contribution in [1.82, 2.24) is 5.32 Å². The molecule has 0 aliphatic heterocycles. The molecule has 0 spiro atoms. The summed E-state index contributed by atoms with van der Waals surface area (Å²) in [5.41, 5.74) is 2.68. The van der Waals surface area contributed by atoms with Gasteiger partial charge in [-0.25, -0.2) is 8.78 Å². The van der Waals surface area contributed by atoms with Crippen LogP contribution in [-0.4, -0.2) is 6.54 Å². The quantitative estimate of drug-likeness (QED) is 0.785. The summed E-state index contributed by atoms with van der Waals surface area (Å²) in [6.07, 6.45) is 0.946. The van der Waals surface area contributed by atoms with E-state index in [4.69, 9.17) is 0 Å². The smallest absolute Gasteiger partial charge is 0.126 e. The molecule has 1 nitrogen and oxygen atoms in total. The van der Waals surface area contributed by atoms with Crippen molar-refractivity contribution in [3.8, 4) is 0 Å². The molecule has 0 aromatic heterocycles. The Bertz CT molecular complexity index is 536. The van der Waals surface area contributed by atoms with Crippen LogP contribution < -0.4 is 5.32 Å². The van der Waals surface area contributed by atoms with Crippen molar-refractivity contribution in [1.29, 1.82) is 0 Å². The standard InChI is InChI=1S/C17H18BrF2N/c1-3-4-21-17(12-5-11(2)6-14(18)7-12)13-8-15(19)10-16(20)9-13/h5-10,17,21H,3-4H2,1-2H3. The van der Waals surface area contributed by atoms with Gasteiger partial charge in [0.25, 0.3) is 0 Å². The fraction of sp³-hybridized carbons (Fsp3) is 0.294. The summed E-state index contributed by atoms with van der Waals surface area (Å²) in [5, 5.41) is 3.36. The first kappa shape index (κ1) is 16.1. The average Bonchev–Trinajstić information content (AvgIpc) is 2.37. The third-order valence-electron chi connectivity index (χ3n) is 3.21. The first-order valence-electron chi connectivity index (χ1n) is 6.96. The van der Waals surface area contributed by atoms with Crippen molar-refractivity contribution in [3.05, 3.63) is 69.2 Å². The third-order valence-corrected chi connectivity index (χ3v) is 3.67. The molecule has 2 rings (SSSR count). The second kappa shape index (κ2) is 7.14. The molecule has 4 heteroatoms. The number of halogens is 3. The van der Waals surface area contributed by atoms with Crippen LogP contribution >= 0.6 is 15.9 Å². The van der Waals surface area contributed by atoms with Gasteiger partial charge in [0.1, 0.15) is 11.6 Å². The lowest BCUT2D eigenvalue weighted by molar-refractivity contribution is 0.558. The SMILES string of the molecule is CCCNC(c1cc(F)cc(F)c1)c1cc(C)cc(Br)c1. The Morgan fingerprint density at radius 3 is 2.19 bits per heavy atom. The lowest BCUT2D eigenvalue weighted by Crippen LogP contribution is -2.23. The van der Waals surface area contributed by atoms with Crippen molar-refractivity contribution in [2.75, 3.05) is 6.54 Å². The van der Waals surface area contributed by atoms with Crippen molar-refractivity contribution in [2.45, 2.75) is 26.3 Å². The van der Waals surface area contributed by atoms with Gasteiger partial charge in [0.2, 0.25) is 0 Å². The minimum Gasteiger partial charge on any atom is -0.306 e. The van der Waals surface area contributed by atoms with E-state index < -0.39 is 11.6 Å². The van der Waals surface area contributed by atoms with Crippen LogP contribution in [0.4, 0.5) is 8.78 Å². The Balaban J connectivity index is 2.46. The molecule has 0 saturated heterocycles. The van der Waals surface area contributed by atoms with Gasteiger partial charge in [-0.05, 0) is 60.8 Å². The van der Waals surface area contributed by atoms with E-state index >= 15 is 0 Å². The predicted octanol–water partition coefficient (Wildman–Crippen LogP) is 5.12. The highest BCUT2D eigenvalue weighted by atomic mass is 79.9. The molecule has 2 aromatic carbocycles. The molecular weight excluding hydrogens is 336 g/mol. The summed E-state index contributed by atoms with van der Waals surface area (Å²) < 4.78 is 28.0. The van der Waals surface area contributed by atoms with Gasteiger partial charge in [-0.15, -0.1) is 0 Å². The summed E-state index contributed by atoms with van der Waals surface area (Å²) in [6, 6.07) is 9.44. The molecule has 0 saturated carbocycles. The molecule has 1 atom stereocenters. The van der Waals surface area contributed by atoms with Gasteiger partial charge in [0.15, 0.2) is 0 Å². The van der Waals surface area contributed by atoms with E-state index in [1.54, 1.807) is 0 Å². The largest absolute Gasteiger partial charge is 0.306 e. The molecule has 0 heterocycles. The maximum atomic E-state index is 13.5. The molecule has 0 radical (unpaired) electrons. The highest BCUT2D eigenvalue weighted by Crippen LogP contribution is 2.27. The molecule has 0 amide bonds. The minimum absolute atomic E-state index is 0.230. The van der Waals surface area contributed by atoms with E-state index in [9.17, 15) is 8.78 Å². The lowest BCUT2D eigenvalue weighted by atomic mass is 9.97. The van der Waals surface area contributed by atoms with Crippen LogP contribution in [0.15, 0.2) is 40.9 Å². The fourth-order valence-electron chi connectivity index (χ4n) is 2.39. The molecule has 21 heavy (non-hydrogen) atoms. The Morgan fingerprint density at radius 2 is 1.62 bits per heavy atom. The maximum Gasteiger partial charge on any atom is 0.126 e. The number of hydrogen-bond donors (Lipinski definition) is 1. The molecule has 1 N–H and O–H groups in total. The van der Waals surface area contributed by atoms with E-state index in [1.165, 1.54) is 12.1 Å². The zero-order valence-electron chi connectivity index (χ0n) is 12.1. The average molecular weight is 354 g/mol. The highest BCUT2D eigenvalue weighted by molar-refractivity contribution is 9.10. The van der Waals surface area contributed by atoms with Gasteiger partial charge in [0.05, 0.1) is 6.04 Å². The Hall–Kier alpha value is -1.26. The number of rotatable bonds is 5. The minimum atomic E-state index is -0.556. The second-order valence-electron chi connectivity index (χ2n) is 5.15. The van der Waals surface area contributed by atoms with Gasteiger partial charge >= 0.3 is 0 Å². The topological polar surface area (TPSA) is 12.0 Å². The summed E-state index contributed by atoms with van der Waals surface area (Å²) in [5.74, 6) is -1.11. The Kier molecular flexibility index (Phi) is 5.48. The summed E-state index contributed by atoms with van der Waals surface area (Å²) in [4.78, 5) is 0. The number of aryl methyl sites for hydroxylation is 1. The zero-order chi connectivity index (χ0) is 15.4. The van der Waals surface area contributed by atoms with Gasteiger partial charge in [-0.3, -0.25) is 0 Å². The van der Waals surface area contributed by atoms with Gasteiger partial charge in [0, 0.05) is 10.5 Å². The maximum absolute atomic E-state index is 13.5. The molecular formula is C17H18BrF2N. The van der Waals surface area contributed by atoms with Crippen molar-refractivity contribution >= 4 is 15.9 Å². The van der Waals surface area contributed by atoms with Gasteiger partial charge in [-0.2, -0.15) is 0 Å². The van der Waals surface area contributed by atoms with Crippen LogP contribution in [-0.2, 0) is 0 Å². The van der Waals surface area contributed by atoms with E-state index in [1.807, 2.05) is 25.1 Å². The van der Waals surface area contributed by atoms with Crippen molar-refractivity contribution in [3.63, 3.8) is 0 Å². The highest BCUT2D eigenvalue weighted by Gasteiger charge is 2.16. The summed E-state index contributed by atoms with van der Waals surface area (Å²) >= 11 is 3.48. The van der Waals surface area contributed by atoms with Gasteiger partial charge < -0.3 is 5.32 Å². The first-order valence-corrected chi connectivity index (χ1v) is 7.75. The lowest BCUT2D eigenvalue weighted by Gasteiger charge is -2.20. The molecule has 112 valence electrons. The second-order valence-corrected chi connectivity index (χ2v) is 6.07. The van der Waals surface area contributed by atoms with Crippen LogP contribution in [0.3, 0.4) is 0 Å². The molecule has 0 aliphatic rings. The molecule has 2 aromatic rings. The molecule has 1 unspecified atom stereocenters. The summed E-state index contributed by atoms with van der Waals surface area (Å²) in [7, 11) is 0. The number of hydrogen-bond acceptors (Lipinski definition) is 1. The Labute approximate surface area is 132 Å². The van der Waals surface area contributed by atoms with E-state index in [2.05, 4.69) is 28.2 Å². The van der Waals surface area contributed by atoms with E-state index in [0.717, 1.165) is 34.6 Å². The predicted molar refractivity (Wildman–Crippen MR) is 85.4 cm³/mol. The van der Waals surface area contributed by atoms with Crippen LogP contribution in [0.25, 0.3) is 0 Å². The summed E-state index contributed by atoms with van der Waals surface area (Å²) in [6.45, 7) is 4.83. The molecule has 0 bridgehead atoms. The fourth-order valence-corrected chi connectivity index (χ4v) is 3.02. The van der Waals surface area contributed by atoms with Crippen molar-refractivity contribution in [2.24, 2.45) is 0 Å². The van der Waals surface area contributed by atoms with E-state index in [-0.39, 0.29) is 6.04 Å². The Morgan fingerprint density at radius 1 is 1.00 bits per heavy atom. The van der Waals surface area contributed by atoms with Gasteiger partial charge in [-0.1, -0.05) is 28.9 Å². The first-order chi connectivity index (χ1) is 9.99. The van der Waals surface area contributed by atoms with Crippen LogP contribution in [0.5, 0.6) is 0 Å². The van der Waals surface area contributed by atoms with E-state index in [0.29, 0.717) is 5.56 Å². The normalized spacial score (nSPS) is 12.4. The number of benzene rings is 2. The number of nitrogens with one attached hydrogen (secondary N) is 1. The zero-order valence-corrected chi connectivity index (χ0v) is 13.7. The van der Waals surface area contributed by atoms with Crippen LogP contribution in [0.2, 0.25) is 0 Å². The molecule has 0 aliphatic carbocycles. The van der Waals surface area contributed by atoms with Crippen LogP contribution in [0, 0.1) is 18.6 Å². The molecule has 0 fully saturated rings. The third kappa shape index (κ3) is 4.35. The van der Waals surface area contributed by atoms with Crippen LogP contribution in [0.1, 0.15) is 36.1 Å². The monoisotopic (exact) mass is 353 g/mol.